The van der Waals surface area contributed by atoms with Crippen molar-refractivity contribution in [1.82, 2.24) is 4.98 Å². The maximum absolute atomic E-state index is 10.9. The summed E-state index contributed by atoms with van der Waals surface area (Å²) in [6.45, 7) is 1.92. The SMILES string of the molecule is COc1ccc2nc(C)cc(N/N=C/c3ccc(C(=O)O)cc3)c2c1. The van der Waals surface area contributed by atoms with E-state index in [2.05, 4.69) is 15.5 Å². The van der Waals surface area contributed by atoms with Crippen molar-refractivity contribution >= 4 is 28.8 Å². The number of aromatic nitrogens is 1. The highest BCUT2D eigenvalue weighted by molar-refractivity contribution is 5.93. The Balaban J connectivity index is 1.85. The van der Waals surface area contributed by atoms with E-state index < -0.39 is 5.97 Å². The maximum atomic E-state index is 10.9. The van der Waals surface area contributed by atoms with Crippen LogP contribution in [0.5, 0.6) is 5.75 Å². The number of methoxy groups -OCH3 is 1. The lowest BCUT2D eigenvalue weighted by Gasteiger charge is -2.08. The fraction of sp³-hybridized carbons (Fsp3) is 0.105. The molecular weight excluding hydrogens is 318 g/mol. The van der Waals surface area contributed by atoms with E-state index in [-0.39, 0.29) is 5.56 Å². The van der Waals surface area contributed by atoms with Crippen molar-refractivity contribution in [3.8, 4) is 5.75 Å². The molecule has 0 aliphatic heterocycles. The molecule has 0 aliphatic rings. The molecule has 0 bridgehead atoms. The molecule has 3 rings (SSSR count). The lowest BCUT2D eigenvalue weighted by molar-refractivity contribution is 0.0697. The van der Waals surface area contributed by atoms with Crippen LogP contribution in [0.4, 0.5) is 5.69 Å². The number of aryl methyl sites for hydroxylation is 1. The molecule has 25 heavy (non-hydrogen) atoms. The first-order valence-electron chi connectivity index (χ1n) is 7.64. The third-order valence-electron chi connectivity index (χ3n) is 3.70. The van der Waals surface area contributed by atoms with Crippen LogP contribution in [0.1, 0.15) is 21.6 Å². The van der Waals surface area contributed by atoms with Gasteiger partial charge in [-0.05, 0) is 48.9 Å². The molecule has 126 valence electrons. The number of nitrogens with one attached hydrogen (secondary N) is 1. The van der Waals surface area contributed by atoms with Crippen molar-refractivity contribution in [2.75, 3.05) is 12.5 Å². The molecule has 0 amide bonds. The van der Waals surface area contributed by atoms with Gasteiger partial charge >= 0.3 is 5.97 Å². The monoisotopic (exact) mass is 335 g/mol. The summed E-state index contributed by atoms with van der Waals surface area (Å²) in [6.07, 6.45) is 1.63. The van der Waals surface area contributed by atoms with Crippen LogP contribution in [0.25, 0.3) is 10.9 Å². The van der Waals surface area contributed by atoms with E-state index in [1.807, 2.05) is 31.2 Å². The van der Waals surface area contributed by atoms with E-state index in [0.717, 1.165) is 33.6 Å². The summed E-state index contributed by atoms with van der Waals surface area (Å²) in [5, 5.41) is 14.1. The normalized spacial score (nSPS) is 11.0. The zero-order chi connectivity index (χ0) is 17.8. The van der Waals surface area contributed by atoms with Crippen molar-refractivity contribution in [1.29, 1.82) is 0 Å². The quantitative estimate of drug-likeness (QED) is 0.549. The topological polar surface area (TPSA) is 83.8 Å². The van der Waals surface area contributed by atoms with Gasteiger partial charge in [-0.2, -0.15) is 5.10 Å². The number of ether oxygens (including phenoxy) is 1. The Labute approximate surface area is 144 Å². The average molecular weight is 335 g/mol. The van der Waals surface area contributed by atoms with Gasteiger partial charge in [0, 0.05) is 11.1 Å². The van der Waals surface area contributed by atoms with Crippen LogP contribution in [0.15, 0.2) is 53.6 Å². The van der Waals surface area contributed by atoms with Crippen LogP contribution in [0.2, 0.25) is 0 Å². The standard InChI is InChI=1S/C19H17N3O3/c1-12-9-18(16-10-15(25-2)7-8-17(16)21-12)22-20-11-13-3-5-14(6-4-13)19(23)24/h3-11H,1-2H3,(H,21,22)(H,23,24)/b20-11+. The number of nitrogens with zero attached hydrogens (tertiary/aromatic N) is 2. The number of rotatable bonds is 5. The molecule has 6 heteroatoms. The zero-order valence-electron chi connectivity index (χ0n) is 13.9. The minimum atomic E-state index is -0.950. The molecule has 1 heterocycles. The van der Waals surface area contributed by atoms with Gasteiger partial charge in [0.05, 0.1) is 30.1 Å². The minimum absolute atomic E-state index is 0.243. The first-order valence-corrected chi connectivity index (χ1v) is 7.64. The summed E-state index contributed by atoms with van der Waals surface area (Å²) in [7, 11) is 1.62. The molecule has 1 aromatic heterocycles. The largest absolute Gasteiger partial charge is 0.497 e. The van der Waals surface area contributed by atoms with Gasteiger partial charge in [-0.15, -0.1) is 0 Å². The van der Waals surface area contributed by atoms with Crippen molar-refractivity contribution < 1.29 is 14.6 Å². The number of anilines is 1. The highest BCUT2D eigenvalue weighted by atomic mass is 16.5. The Bertz CT molecular complexity index is 950. The third-order valence-corrected chi connectivity index (χ3v) is 3.70. The number of hydrazone groups is 1. The molecule has 0 unspecified atom stereocenters. The van der Waals surface area contributed by atoms with Crippen molar-refractivity contribution in [2.45, 2.75) is 6.92 Å². The average Bonchev–Trinajstić information content (AvgIpc) is 2.61. The summed E-state index contributed by atoms with van der Waals surface area (Å²) in [4.78, 5) is 15.4. The number of hydrogen-bond acceptors (Lipinski definition) is 5. The van der Waals surface area contributed by atoms with E-state index in [0.29, 0.717) is 0 Å². The molecule has 2 N–H and O–H groups in total. The molecular formula is C19H17N3O3. The molecule has 0 atom stereocenters. The Kier molecular flexibility index (Phi) is 4.61. The predicted molar refractivity (Wildman–Crippen MR) is 97.7 cm³/mol. The fourth-order valence-corrected chi connectivity index (χ4v) is 2.44. The minimum Gasteiger partial charge on any atom is -0.497 e. The second kappa shape index (κ2) is 7.00. The number of carboxylic acid groups (broad SMARTS) is 1. The van der Waals surface area contributed by atoms with Crippen molar-refractivity contribution in [3.05, 3.63) is 65.4 Å². The van der Waals surface area contributed by atoms with Gasteiger partial charge in [0.2, 0.25) is 0 Å². The molecule has 0 saturated heterocycles. The predicted octanol–water partition coefficient (Wildman–Crippen LogP) is 3.70. The Hall–Kier alpha value is -3.41. The van der Waals surface area contributed by atoms with Crippen LogP contribution in [-0.4, -0.2) is 29.4 Å². The van der Waals surface area contributed by atoms with Gasteiger partial charge in [-0.25, -0.2) is 4.79 Å². The van der Waals surface area contributed by atoms with Gasteiger partial charge in [0.1, 0.15) is 5.75 Å². The lowest BCUT2D eigenvalue weighted by Crippen LogP contribution is -1.97. The number of fused-ring (bicyclic) bond motifs is 1. The van der Waals surface area contributed by atoms with Gasteiger partial charge in [0.25, 0.3) is 0 Å². The van der Waals surface area contributed by atoms with Crippen LogP contribution in [0.3, 0.4) is 0 Å². The number of carboxylic acids is 1. The number of benzene rings is 2. The van der Waals surface area contributed by atoms with Crippen molar-refractivity contribution in [3.63, 3.8) is 0 Å². The Morgan fingerprint density at radius 3 is 2.64 bits per heavy atom. The third kappa shape index (κ3) is 3.74. The van der Waals surface area contributed by atoms with Gasteiger partial charge in [-0.1, -0.05) is 12.1 Å². The fourth-order valence-electron chi connectivity index (χ4n) is 2.44. The Morgan fingerprint density at radius 2 is 1.96 bits per heavy atom. The summed E-state index contributed by atoms with van der Waals surface area (Å²) in [5.41, 5.74) is 6.61. The number of hydrogen-bond donors (Lipinski definition) is 2. The van der Waals surface area contributed by atoms with Gasteiger partial charge in [0.15, 0.2) is 0 Å². The molecule has 0 saturated carbocycles. The number of carbonyl (C=O) groups is 1. The summed E-state index contributed by atoms with van der Waals surface area (Å²) < 4.78 is 5.27. The molecule has 3 aromatic rings. The molecule has 0 radical (unpaired) electrons. The molecule has 6 nitrogen and oxygen atoms in total. The molecule has 0 aliphatic carbocycles. The summed E-state index contributed by atoms with van der Waals surface area (Å²) in [5.74, 6) is -0.205. The first-order chi connectivity index (χ1) is 12.1. The lowest BCUT2D eigenvalue weighted by atomic mass is 10.1. The van der Waals surface area contributed by atoms with Crippen LogP contribution in [-0.2, 0) is 0 Å². The highest BCUT2D eigenvalue weighted by Gasteiger charge is 2.05. The van der Waals surface area contributed by atoms with Crippen molar-refractivity contribution in [2.24, 2.45) is 5.10 Å². The molecule has 2 aromatic carbocycles. The van der Waals surface area contributed by atoms with Gasteiger partial charge in [-0.3, -0.25) is 10.4 Å². The van der Waals surface area contributed by atoms with E-state index in [9.17, 15) is 4.79 Å². The van der Waals surface area contributed by atoms with Crippen LogP contribution in [0, 0.1) is 6.92 Å². The second-order valence-corrected chi connectivity index (χ2v) is 5.49. The number of pyridine rings is 1. The second-order valence-electron chi connectivity index (χ2n) is 5.49. The summed E-state index contributed by atoms with van der Waals surface area (Å²) in [6, 6.07) is 14.1. The van der Waals surface area contributed by atoms with Crippen LogP contribution < -0.4 is 10.2 Å². The maximum Gasteiger partial charge on any atom is 0.335 e. The van der Waals surface area contributed by atoms with Gasteiger partial charge < -0.3 is 9.84 Å². The number of aromatic carboxylic acids is 1. The Morgan fingerprint density at radius 1 is 1.20 bits per heavy atom. The van der Waals surface area contributed by atoms with E-state index in [4.69, 9.17) is 9.84 Å². The smallest absolute Gasteiger partial charge is 0.335 e. The summed E-state index contributed by atoms with van der Waals surface area (Å²) >= 11 is 0. The highest BCUT2D eigenvalue weighted by Crippen LogP contribution is 2.27. The van der Waals surface area contributed by atoms with Crippen LogP contribution >= 0.6 is 0 Å². The molecule has 0 spiro atoms. The van der Waals surface area contributed by atoms with E-state index in [1.165, 1.54) is 0 Å². The first kappa shape index (κ1) is 16.4. The van der Waals surface area contributed by atoms with E-state index in [1.54, 1.807) is 37.6 Å². The molecule has 0 fully saturated rings. The van der Waals surface area contributed by atoms with E-state index >= 15 is 0 Å². The zero-order valence-corrected chi connectivity index (χ0v) is 13.9.